The van der Waals surface area contributed by atoms with Gasteiger partial charge in [0.15, 0.2) is 5.54 Å². The van der Waals surface area contributed by atoms with E-state index in [1.165, 1.54) is 55.6 Å². The van der Waals surface area contributed by atoms with Crippen LogP contribution in [0.3, 0.4) is 0 Å². The van der Waals surface area contributed by atoms with Crippen molar-refractivity contribution in [3.63, 3.8) is 0 Å². The molecule has 8 nitrogen and oxygen atoms in total. The summed E-state index contributed by atoms with van der Waals surface area (Å²) < 4.78 is 26.3. The summed E-state index contributed by atoms with van der Waals surface area (Å²) in [6.45, 7) is 0.0224. The van der Waals surface area contributed by atoms with Crippen molar-refractivity contribution in [1.29, 1.82) is 0 Å². The molecule has 10 heteroatoms. The number of rotatable bonds is 6. The van der Waals surface area contributed by atoms with Gasteiger partial charge >= 0.3 is 0 Å². The maximum Gasteiger partial charge on any atom is 0.267 e. The monoisotopic (exact) mass is 415 g/mol. The van der Waals surface area contributed by atoms with Gasteiger partial charge in [0.2, 0.25) is 5.91 Å². The number of halogens is 2. The molecule has 3 rings (SSSR count). The number of carbonyl (C=O) groups excluding carboxylic acids is 3. The van der Waals surface area contributed by atoms with Crippen molar-refractivity contribution in [3.8, 4) is 0 Å². The minimum atomic E-state index is -2.79. The topological polar surface area (TPSA) is 126 Å². The molecular weight excluding hydrogens is 396 g/mol. The van der Waals surface area contributed by atoms with Gasteiger partial charge in [0.25, 0.3) is 18.2 Å². The van der Waals surface area contributed by atoms with E-state index in [0.29, 0.717) is 11.3 Å². The van der Waals surface area contributed by atoms with Gasteiger partial charge < -0.3 is 16.4 Å². The Balaban J connectivity index is 1.88. The van der Waals surface area contributed by atoms with Crippen LogP contribution in [0.4, 0.5) is 14.5 Å². The largest absolute Gasteiger partial charge is 0.367 e. The van der Waals surface area contributed by atoms with E-state index >= 15 is 0 Å². The van der Waals surface area contributed by atoms with Crippen LogP contribution < -0.4 is 21.7 Å². The molecule has 30 heavy (non-hydrogen) atoms. The molecule has 1 aliphatic rings. The summed E-state index contributed by atoms with van der Waals surface area (Å²) in [6, 6.07) is 11.4. The normalized spacial score (nSPS) is 18.1. The number of carbonyl (C=O) groups is 3. The predicted molar refractivity (Wildman–Crippen MR) is 106 cm³/mol. The van der Waals surface area contributed by atoms with E-state index in [1.54, 1.807) is 0 Å². The van der Waals surface area contributed by atoms with E-state index in [1.807, 2.05) is 0 Å². The lowest BCUT2D eigenvalue weighted by atomic mass is 9.84. The van der Waals surface area contributed by atoms with E-state index in [-0.39, 0.29) is 23.5 Å². The van der Waals surface area contributed by atoms with E-state index in [9.17, 15) is 23.2 Å². The van der Waals surface area contributed by atoms with Crippen LogP contribution in [-0.2, 0) is 15.1 Å². The lowest BCUT2D eigenvalue weighted by Gasteiger charge is -2.27. The molecule has 0 aromatic heterocycles. The number of amides is 3. The van der Waals surface area contributed by atoms with E-state index in [0.717, 1.165) is 0 Å². The van der Waals surface area contributed by atoms with Crippen molar-refractivity contribution in [1.82, 2.24) is 10.6 Å². The summed E-state index contributed by atoms with van der Waals surface area (Å²) in [5, 5.41) is 7.81. The summed E-state index contributed by atoms with van der Waals surface area (Å²) in [7, 11) is 1.41. The number of nitrogens with zero attached hydrogens (tertiary/aromatic N) is 1. The Bertz CT molecular complexity index is 1020. The number of aliphatic imine (C=N–C) groups is 1. The molecule has 2 aromatic rings. The standard InChI is InChI=1S/C20H19F2N5O3/c1-24-18(29)15-20(19(23)30,26-10-25-15)11-6-8-12(9-7-11)27-17(28)14-5-3-2-4-13(14)16(21)22/h2-9,16,26H,10H2,1H3,(H2,23,30)(H,24,29)(H,27,28). The molecule has 1 atom stereocenters. The molecule has 0 saturated heterocycles. The number of primary amides is 1. The number of hydrogen-bond donors (Lipinski definition) is 4. The van der Waals surface area contributed by atoms with Gasteiger partial charge in [-0.25, -0.2) is 8.78 Å². The first kappa shape index (κ1) is 21.1. The van der Waals surface area contributed by atoms with Crippen LogP contribution in [0.2, 0.25) is 0 Å². The third-order valence-electron chi connectivity index (χ3n) is 4.76. The van der Waals surface area contributed by atoms with Crippen molar-refractivity contribution in [2.45, 2.75) is 12.0 Å². The Hall–Kier alpha value is -3.66. The molecule has 1 unspecified atom stereocenters. The lowest BCUT2D eigenvalue weighted by molar-refractivity contribution is -0.123. The van der Waals surface area contributed by atoms with Crippen LogP contribution in [0.1, 0.15) is 27.9 Å². The van der Waals surface area contributed by atoms with Crippen LogP contribution in [0, 0.1) is 0 Å². The molecule has 0 spiro atoms. The summed E-state index contributed by atoms with van der Waals surface area (Å²) in [5.41, 5.74) is 4.04. The van der Waals surface area contributed by atoms with E-state index < -0.39 is 29.7 Å². The average molecular weight is 415 g/mol. The lowest BCUT2D eigenvalue weighted by Crippen LogP contribution is -2.58. The van der Waals surface area contributed by atoms with Gasteiger partial charge in [0, 0.05) is 23.9 Å². The summed E-state index contributed by atoms with van der Waals surface area (Å²) in [4.78, 5) is 40.9. The zero-order valence-corrected chi connectivity index (χ0v) is 15.9. The molecule has 156 valence electrons. The summed E-state index contributed by atoms with van der Waals surface area (Å²) >= 11 is 0. The van der Waals surface area contributed by atoms with Crippen LogP contribution in [0.15, 0.2) is 53.5 Å². The molecule has 2 aromatic carbocycles. The number of hydrogen-bond acceptors (Lipinski definition) is 5. The average Bonchev–Trinajstić information content (AvgIpc) is 3.20. The van der Waals surface area contributed by atoms with Crippen LogP contribution in [-0.4, -0.2) is 37.1 Å². The molecule has 0 aliphatic carbocycles. The summed E-state index contributed by atoms with van der Waals surface area (Å²) in [6.07, 6.45) is -2.79. The van der Waals surface area contributed by atoms with Crippen molar-refractivity contribution in [3.05, 3.63) is 65.2 Å². The maximum atomic E-state index is 13.1. The highest BCUT2D eigenvalue weighted by Crippen LogP contribution is 2.29. The van der Waals surface area contributed by atoms with Crippen molar-refractivity contribution < 1.29 is 23.2 Å². The first-order chi connectivity index (χ1) is 14.3. The van der Waals surface area contributed by atoms with E-state index in [4.69, 9.17) is 5.73 Å². The van der Waals surface area contributed by atoms with E-state index in [2.05, 4.69) is 20.9 Å². The second-order valence-corrected chi connectivity index (χ2v) is 6.45. The van der Waals surface area contributed by atoms with Crippen LogP contribution >= 0.6 is 0 Å². The summed E-state index contributed by atoms with van der Waals surface area (Å²) in [5.74, 6) is -2.07. The number of benzene rings is 2. The molecule has 0 radical (unpaired) electrons. The van der Waals surface area contributed by atoms with Gasteiger partial charge in [0.05, 0.1) is 6.67 Å². The smallest absolute Gasteiger partial charge is 0.267 e. The fourth-order valence-corrected chi connectivity index (χ4v) is 3.28. The second-order valence-electron chi connectivity index (χ2n) is 6.45. The van der Waals surface area contributed by atoms with Gasteiger partial charge in [-0.2, -0.15) is 0 Å². The van der Waals surface area contributed by atoms with Gasteiger partial charge in [-0.1, -0.05) is 30.3 Å². The molecule has 1 heterocycles. The molecule has 5 N–H and O–H groups in total. The van der Waals surface area contributed by atoms with Gasteiger partial charge in [-0.05, 0) is 23.8 Å². The molecule has 0 saturated carbocycles. The minimum absolute atomic E-state index is 0.0224. The minimum Gasteiger partial charge on any atom is -0.367 e. The number of alkyl halides is 2. The van der Waals surface area contributed by atoms with Gasteiger partial charge in [-0.3, -0.25) is 24.7 Å². The third-order valence-corrected chi connectivity index (χ3v) is 4.76. The number of anilines is 1. The van der Waals surface area contributed by atoms with Crippen molar-refractivity contribution in [2.24, 2.45) is 10.7 Å². The first-order valence-electron chi connectivity index (χ1n) is 8.92. The number of nitrogens with one attached hydrogen (secondary N) is 3. The zero-order valence-electron chi connectivity index (χ0n) is 15.9. The maximum absolute atomic E-state index is 13.1. The Morgan fingerprint density at radius 2 is 1.77 bits per heavy atom. The van der Waals surface area contributed by atoms with Crippen LogP contribution in [0.25, 0.3) is 0 Å². The Morgan fingerprint density at radius 3 is 2.37 bits per heavy atom. The van der Waals surface area contributed by atoms with Gasteiger partial charge in [0.1, 0.15) is 5.71 Å². The third kappa shape index (κ3) is 3.64. The Morgan fingerprint density at radius 1 is 1.10 bits per heavy atom. The molecular formula is C20H19F2N5O3. The van der Waals surface area contributed by atoms with Crippen molar-refractivity contribution >= 4 is 29.1 Å². The molecule has 0 fully saturated rings. The highest BCUT2D eigenvalue weighted by molar-refractivity contribution is 6.47. The Kier molecular flexibility index (Phi) is 5.88. The Labute approximate surface area is 170 Å². The SMILES string of the molecule is CNC(=O)C1=NCNC1(C(N)=O)c1ccc(NC(=O)c2ccccc2C(F)F)cc1. The van der Waals surface area contributed by atoms with Gasteiger partial charge in [-0.15, -0.1) is 0 Å². The first-order valence-corrected chi connectivity index (χ1v) is 8.92. The predicted octanol–water partition coefficient (Wildman–Crippen LogP) is 1.30. The number of nitrogens with two attached hydrogens (primary N) is 1. The highest BCUT2D eigenvalue weighted by atomic mass is 19.3. The fourth-order valence-electron chi connectivity index (χ4n) is 3.28. The highest BCUT2D eigenvalue weighted by Gasteiger charge is 2.49. The molecule has 0 bridgehead atoms. The molecule has 3 amide bonds. The van der Waals surface area contributed by atoms with Crippen LogP contribution in [0.5, 0.6) is 0 Å². The zero-order chi connectivity index (χ0) is 21.9. The van der Waals surface area contributed by atoms with Crippen molar-refractivity contribution in [2.75, 3.05) is 19.0 Å². The molecule has 1 aliphatic heterocycles. The second kappa shape index (κ2) is 8.37. The fraction of sp³-hybridized carbons (Fsp3) is 0.200. The quantitative estimate of drug-likeness (QED) is 0.567.